The Morgan fingerprint density at radius 1 is 0.971 bits per heavy atom. The van der Waals surface area contributed by atoms with Gasteiger partial charge >= 0.3 is 6.09 Å². The van der Waals surface area contributed by atoms with Gasteiger partial charge in [0.05, 0.1) is 12.1 Å². The number of aldehydes is 1. The molecule has 0 aliphatic heterocycles. The summed E-state index contributed by atoms with van der Waals surface area (Å²) in [4.78, 5) is 49.9. The highest BCUT2D eigenvalue weighted by atomic mass is 16.5. The molecular weight excluding hydrogens is 432 g/mol. The summed E-state index contributed by atoms with van der Waals surface area (Å²) in [7, 11) is 0. The lowest BCUT2D eigenvalue weighted by molar-refractivity contribution is -0.132. The van der Waals surface area contributed by atoms with E-state index >= 15 is 0 Å². The SMILES string of the molecule is CCCCC(C=O)NC(=O)[C@@H](CC(=O)[C@@H](CC(C)C)NC(=O)OCc1ccccc1)CC(C)C. The summed E-state index contributed by atoms with van der Waals surface area (Å²) in [5.74, 6) is -0.698. The van der Waals surface area contributed by atoms with Crippen molar-refractivity contribution in [1.82, 2.24) is 10.6 Å². The molecule has 0 aromatic heterocycles. The number of ketones is 1. The average Bonchev–Trinajstić information content (AvgIpc) is 2.79. The first-order valence-electron chi connectivity index (χ1n) is 12.4. The number of nitrogens with one attached hydrogen (secondary N) is 2. The topological polar surface area (TPSA) is 102 Å². The number of carbonyl (C=O) groups excluding carboxylic acids is 4. The van der Waals surface area contributed by atoms with Gasteiger partial charge in [0.15, 0.2) is 5.78 Å². The van der Waals surface area contributed by atoms with Gasteiger partial charge < -0.3 is 20.2 Å². The van der Waals surface area contributed by atoms with Crippen molar-refractivity contribution in [2.75, 3.05) is 0 Å². The second-order valence-electron chi connectivity index (χ2n) is 9.78. The molecule has 1 unspecified atom stereocenters. The van der Waals surface area contributed by atoms with Crippen molar-refractivity contribution >= 4 is 24.1 Å². The van der Waals surface area contributed by atoms with Crippen molar-refractivity contribution in [3.05, 3.63) is 35.9 Å². The number of carbonyl (C=O) groups is 4. The monoisotopic (exact) mass is 474 g/mol. The second kappa shape index (κ2) is 16.0. The Bertz CT molecular complexity index is 764. The molecule has 0 radical (unpaired) electrons. The summed E-state index contributed by atoms with van der Waals surface area (Å²) in [5.41, 5.74) is 0.853. The van der Waals surface area contributed by atoms with Gasteiger partial charge in [-0.05, 0) is 36.7 Å². The smallest absolute Gasteiger partial charge is 0.408 e. The van der Waals surface area contributed by atoms with Crippen molar-refractivity contribution in [2.45, 2.75) is 91.8 Å². The summed E-state index contributed by atoms with van der Waals surface area (Å²) in [6.07, 6.45) is 3.41. The first kappa shape index (κ1) is 29.3. The molecule has 2 amide bonds. The van der Waals surface area contributed by atoms with Crippen LogP contribution in [0.25, 0.3) is 0 Å². The maximum atomic E-state index is 13.2. The minimum Gasteiger partial charge on any atom is -0.445 e. The molecule has 0 aliphatic rings. The van der Waals surface area contributed by atoms with Crippen LogP contribution in [-0.4, -0.2) is 36.2 Å². The minimum atomic E-state index is -0.743. The van der Waals surface area contributed by atoms with Crippen molar-refractivity contribution in [3.63, 3.8) is 0 Å². The molecule has 0 fully saturated rings. The van der Waals surface area contributed by atoms with E-state index in [1.54, 1.807) is 0 Å². The summed E-state index contributed by atoms with van der Waals surface area (Å²) in [6.45, 7) is 10.1. The van der Waals surface area contributed by atoms with E-state index in [0.717, 1.165) is 24.7 Å². The average molecular weight is 475 g/mol. The molecule has 1 aromatic carbocycles. The van der Waals surface area contributed by atoms with Crippen LogP contribution in [-0.2, 0) is 25.7 Å². The van der Waals surface area contributed by atoms with Gasteiger partial charge in [0.2, 0.25) is 5.91 Å². The molecule has 34 heavy (non-hydrogen) atoms. The Morgan fingerprint density at radius 2 is 1.62 bits per heavy atom. The largest absolute Gasteiger partial charge is 0.445 e. The normalized spacial score (nSPS) is 13.7. The molecule has 1 rings (SSSR count). The Kier molecular flexibility index (Phi) is 13.8. The molecule has 0 saturated heterocycles. The lowest BCUT2D eigenvalue weighted by Gasteiger charge is -2.24. The van der Waals surface area contributed by atoms with Gasteiger partial charge in [0.1, 0.15) is 12.9 Å². The fraction of sp³-hybridized carbons (Fsp3) is 0.630. The maximum Gasteiger partial charge on any atom is 0.408 e. The molecule has 7 nitrogen and oxygen atoms in total. The van der Waals surface area contributed by atoms with Crippen LogP contribution in [0.5, 0.6) is 0 Å². The zero-order chi connectivity index (χ0) is 25.5. The first-order valence-corrected chi connectivity index (χ1v) is 12.4. The number of hydrogen-bond donors (Lipinski definition) is 2. The summed E-state index contributed by atoms with van der Waals surface area (Å²) >= 11 is 0. The maximum absolute atomic E-state index is 13.2. The van der Waals surface area contributed by atoms with Crippen molar-refractivity contribution in [1.29, 1.82) is 0 Å². The van der Waals surface area contributed by atoms with E-state index in [-0.39, 0.29) is 36.6 Å². The van der Waals surface area contributed by atoms with Crippen LogP contribution in [0.4, 0.5) is 4.79 Å². The number of hydrogen-bond acceptors (Lipinski definition) is 5. The highest BCUT2D eigenvalue weighted by Gasteiger charge is 2.30. The van der Waals surface area contributed by atoms with E-state index in [9.17, 15) is 19.2 Å². The third-order valence-electron chi connectivity index (χ3n) is 5.54. The lowest BCUT2D eigenvalue weighted by atomic mass is 9.88. The quantitative estimate of drug-likeness (QED) is 0.334. The highest BCUT2D eigenvalue weighted by molar-refractivity contribution is 5.92. The summed E-state index contributed by atoms with van der Waals surface area (Å²) in [5, 5.41) is 5.50. The summed E-state index contributed by atoms with van der Waals surface area (Å²) < 4.78 is 5.29. The third kappa shape index (κ3) is 12.0. The molecular formula is C27H42N2O5. The molecule has 0 bridgehead atoms. The van der Waals surface area contributed by atoms with Crippen LogP contribution in [0.3, 0.4) is 0 Å². The molecule has 7 heteroatoms. The highest BCUT2D eigenvalue weighted by Crippen LogP contribution is 2.20. The van der Waals surface area contributed by atoms with Gasteiger partial charge in [-0.3, -0.25) is 9.59 Å². The van der Waals surface area contributed by atoms with E-state index in [4.69, 9.17) is 4.74 Å². The molecule has 0 saturated carbocycles. The van der Waals surface area contributed by atoms with Gasteiger partial charge in [0.25, 0.3) is 0 Å². The van der Waals surface area contributed by atoms with Crippen LogP contribution in [0.2, 0.25) is 0 Å². The number of ether oxygens (including phenoxy) is 1. The molecule has 190 valence electrons. The van der Waals surface area contributed by atoms with Crippen molar-refractivity contribution < 1.29 is 23.9 Å². The van der Waals surface area contributed by atoms with Gasteiger partial charge in [-0.15, -0.1) is 0 Å². The van der Waals surface area contributed by atoms with Crippen LogP contribution in [0.15, 0.2) is 30.3 Å². The van der Waals surface area contributed by atoms with Gasteiger partial charge in [-0.25, -0.2) is 4.79 Å². The number of unbranched alkanes of at least 4 members (excludes halogenated alkanes) is 1. The number of amides is 2. The van der Waals surface area contributed by atoms with E-state index in [1.807, 2.05) is 65.0 Å². The van der Waals surface area contributed by atoms with Crippen molar-refractivity contribution in [3.8, 4) is 0 Å². The predicted octanol–water partition coefficient (Wildman–Crippen LogP) is 4.82. The first-order chi connectivity index (χ1) is 16.2. The second-order valence-corrected chi connectivity index (χ2v) is 9.78. The van der Waals surface area contributed by atoms with Crippen LogP contribution in [0.1, 0.15) is 78.7 Å². The Hall–Kier alpha value is -2.70. The van der Waals surface area contributed by atoms with Gasteiger partial charge in [0, 0.05) is 12.3 Å². The predicted molar refractivity (Wildman–Crippen MR) is 133 cm³/mol. The Balaban J connectivity index is 2.82. The minimum absolute atomic E-state index is 0.000278. The molecule has 1 aromatic rings. The van der Waals surface area contributed by atoms with E-state index in [0.29, 0.717) is 19.3 Å². The van der Waals surface area contributed by atoms with E-state index < -0.39 is 24.1 Å². The summed E-state index contributed by atoms with van der Waals surface area (Å²) in [6, 6.07) is 8.02. The molecule has 0 heterocycles. The third-order valence-corrected chi connectivity index (χ3v) is 5.54. The van der Waals surface area contributed by atoms with Gasteiger partial charge in [-0.1, -0.05) is 77.8 Å². The van der Waals surface area contributed by atoms with Crippen molar-refractivity contribution in [2.24, 2.45) is 17.8 Å². The van der Waals surface area contributed by atoms with Crippen LogP contribution < -0.4 is 10.6 Å². The fourth-order valence-corrected chi connectivity index (χ4v) is 3.79. The number of Topliss-reactive ketones (excluding diaryl/α,β-unsaturated/α-hetero) is 1. The zero-order valence-corrected chi connectivity index (χ0v) is 21.3. The zero-order valence-electron chi connectivity index (χ0n) is 21.3. The fourth-order valence-electron chi connectivity index (χ4n) is 3.79. The Labute approximate surface area is 204 Å². The van der Waals surface area contributed by atoms with E-state index in [1.165, 1.54) is 0 Å². The molecule has 0 spiro atoms. The lowest BCUT2D eigenvalue weighted by Crippen LogP contribution is -2.45. The molecule has 0 aliphatic carbocycles. The number of benzene rings is 1. The van der Waals surface area contributed by atoms with E-state index in [2.05, 4.69) is 10.6 Å². The van der Waals surface area contributed by atoms with Gasteiger partial charge in [-0.2, -0.15) is 0 Å². The molecule has 3 atom stereocenters. The van der Waals surface area contributed by atoms with Crippen LogP contribution in [0, 0.1) is 17.8 Å². The number of rotatable bonds is 16. The van der Waals surface area contributed by atoms with Crippen LogP contribution >= 0.6 is 0 Å². The molecule has 2 N–H and O–H groups in total. The Morgan fingerprint density at radius 3 is 2.18 bits per heavy atom. The standard InChI is InChI=1S/C27H42N2O5/c1-6-7-13-23(17-30)28-26(32)22(14-19(2)3)16-25(31)24(15-20(4)5)29-27(33)34-18-21-11-9-8-10-12-21/h8-12,17,19-20,22-24H,6-7,13-16,18H2,1-5H3,(H,28,32)(H,29,33)/t22-,23?,24-/m1/s1. The number of alkyl carbamates (subject to hydrolysis) is 1.